The second-order valence-corrected chi connectivity index (χ2v) is 4.26. The third kappa shape index (κ3) is 1.04. The number of H-pyrrole nitrogens is 1. The number of nitrogens with two attached hydrogens (primary N) is 1. The van der Waals surface area contributed by atoms with Crippen LogP contribution in [0.3, 0.4) is 0 Å². The van der Waals surface area contributed by atoms with Crippen molar-refractivity contribution in [3.63, 3.8) is 0 Å². The largest absolute Gasteiger partial charge is 0.358 e. The monoisotopic (exact) mass is 196 g/mol. The smallest absolute Gasteiger partial charge is 0.346 e. The van der Waals surface area contributed by atoms with Crippen LogP contribution in [-0.2, 0) is 0 Å². The molecule has 1 fully saturated rings. The number of nitrogens with zero attached hydrogens (tertiary/aromatic N) is 2. The first kappa shape index (κ1) is 9.14. The summed E-state index contributed by atoms with van der Waals surface area (Å²) in [6, 6.07) is -0.0150. The molecule has 0 amide bonds. The minimum absolute atomic E-state index is 0.0150. The molecule has 0 aliphatic heterocycles. The fourth-order valence-electron chi connectivity index (χ4n) is 1.93. The highest BCUT2D eigenvalue weighted by Crippen LogP contribution is 2.58. The van der Waals surface area contributed by atoms with Crippen LogP contribution >= 0.6 is 0 Å². The van der Waals surface area contributed by atoms with E-state index in [2.05, 4.69) is 10.2 Å². The Hall–Kier alpha value is -1.43. The van der Waals surface area contributed by atoms with Crippen LogP contribution in [0.5, 0.6) is 0 Å². The Morgan fingerprint density at radius 2 is 2.29 bits per heavy atom. The predicted octanol–water partition coefficient (Wildman–Crippen LogP) is 0.769. The van der Waals surface area contributed by atoms with Gasteiger partial charge in [0.25, 0.3) is 0 Å². The van der Waals surface area contributed by atoms with Crippen molar-refractivity contribution in [2.45, 2.75) is 25.8 Å². The molecule has 76 valence electrons. The Bertz CT molecular complexity index is 384. The summed E-state index contributed by atoms with van der Waals surface area (Å²) in [5.41, 5.74) is 6.40. The lowest BCUT2D eigenvalue weighted by atomic mass is 10.1. The van der Waals surface area contributed by atoms with Gasteiger partial charge in [-0.2, -0.15) is 0 Å². The van der Waals surface area contributed by atoms with Crippen LogP contribution < -0.4 is 5.73 Å². The SMILES string of the molecule is CC1(C)[C@@H](N)[C@@H]1c1cn[nH]c1[N+](=O)[O-]. The third-order valence-corrected chi connectivity index (χ3v) is 3.08. The molecular weight excluding hydrogens is 184 g/mol. The molecule has 1 heterocycles. The summed E-state index contributed by atoms with van der Waals surface area (Å²) in [7, 11) is 0. The van der Waals surface area contributed by atoms with E-state index in [1.54, 1.807) is 0 Å². The van der Waals surface area contributed by atoms with E-state index in [-0.39, 0.29) is 23.2 Å². The molecule has 2 atom stereocenters. The van der Waals surface area contributed by atoms with E-state index < -0.39 is 4.92 Å². The van der Waals surface area contributed by atoms with Crippen molar-refractivity contribution in [3.05, 3.63) is 21.9 Å². The number of aromatic nitrogens is 2. The van der Waals surface area contributed by atoms with E-state index in [4.69, 9.17) is 5.73 Å². The maximum Gasteiger partial charge on any atom is 0.346 e. The van der Waals surface area contributed by atoms with Gasteiger partial charge in [-0.1, -0.05) is 18.9 Å². The number of nitro groups is 1. The lowest BCUT2D eigenvalue weighted by Crippen LogP contribution is -2.06. The fraction of sp³-hybridized carbons (Fsp3) is 0.625. The summed E-state index contributed by atoms with van der Waals surface area (Å²) in [4.78, 5) is 10.2. The molecule has 0 saturated heterocycles. The first-order chi connectivity index (χ1) is 6.46. The number of aromatic amines is 1. The lowest BCUT2D eigenvalue weighted by molar-refractivity contribution is -0.390. The zero-order valence-electron chi connectivity index (χ0n) is 8.02. The van der Waals surface area contributed by atoms with Crippen molar-refractivity contribution in [1.82, 2.24) is 10.2 Å². The number of hydrogen-bond acceptors (Lipinski definition) is 4. The summed E-state index contributed by atoms with van der Waals surface area (Å²) in [6.07, 6.45) is 1.50. The molecule has 1 aromatic heterocycles. The quantitative estimate of drug-likeness (QED) is 0.539. The maximum absolute atomic E-state index is 10.6. The van der Waals surface area contributed by atoms with Crippen molar-refractivity contribution >= 4 is 5.82 Å². The Labute approximate surface area is 80.6 Å². The van der Waals surface area contributed by atoms with Gasteiger partial charge in [-0.25, -0.2) is 0 Å². The number of hydrogen-bond donors (Lipinski definition) is 2. The highest BCUT2D eigenvalue weighted by atomic mass is 16.6. The Balaban J connectivity index is 2.35. The minimum Gasteiger partial charge on any atom is -0.358 e. The molecule has 0 spiro atoms. The molecule has 0 aromatic carbocycles. The van der Waals surface area contributed by atoms with Crippen LogP contribution in [0.15, 0.2) is 6.20 Å². The van der Waals surface area contributed by atoms with Gasteiger partial charge in [-0.3, -0.25) is 0 Å². The van der Waals surface area contributed by atoms with Crippen LogP contribution in [0, 0.1) is 15.5 Å². The van der Waals surface area contributed by atoms with Crippen LogP contribution in [0.4, 0.5) is 5.82 Å². The first-order valence-corrected chi connectivity index (χ1v) is 4.39. The standard InChI is InChI=1S/C8H12N4O2/c1-8(2)5(6(8)9)4-3-10-11-7(4)12(13)14/h3,5-6H,9H2,1-2H3,(H,10,11)/t5-,6-/m0/s1. The minimum atomic E-state index is -0.455. The summed E-state index contributed by atoms with van der Waals surface area (Å²) in [6.45, 7) is 4.00. The average molecular weight is 196 g/mol. The molecule has 0 bridgehead atoms. The predicted molar refractivity (Wildman–Crippen MR) is 49.7 cm³/mol. The zero-order chi connectivity index (χ0) is 10.5. The summed E-state index contributed by atoms with van der Waals surface area (Å²) in [5.74, 6) is 0.0117. The molecule has 6 nitrogen and oxygen atoms in total. The summed E-state index contributed by atoms with van der Waals surface area (Å²) >= 11 is 0. The van der Waals surface area contributed by atoms with Crippen molar-refractivity contribution < 1.29 is 4.92 Å². The Morgan fingerprint density at radius 1 is 1.71 bits per heavy atom. The van der Waals surface area contributed by atoms with E-state index >= 15 is 0 Å². The van der Waals surface area contributed by atoms with Crippen LogP contribution in [-0.4, -0.2) is 21.2 Å². The van der Waals surface area contributed by atoms with E-state index in [0.717, 1.165) is 0 Å². The van der Waals surface area contributed by atoms with Gasteiger partial charge < -0.3 is 15.8 Å². The van der Waals surface area contributed by atoms with Gasteiger partial charge >= 0.3 is 5.82 Å². The van der Waals surface area contributed by atoms with Crippen LogP contribution in [0.1, 0.15) is 25.3 Å². The van der Waals surface area contributed by atoms with Crippen molar-refractivity contribution in [3.8, 4) is 0 Å². The maximum atomic E-state index is 10.6. The van der Waals surface area contributed by atoms with E-state index in [1.165, 1.54) is 6.20 Å². The van der Waals surface area contributed by atoms with Gasteiger partial charge in [-0.15, -0.1) is 5.10 Å². The van der Waals surface area contributed by atoms with Crippen molar-refractivity contribution in [2.24, 2.45) is 11.1 Å². The van der Waals surface area contributed by atoms with Crippen molar-refractivity contribution in [2.75, 3.05) is 0 Å². The van der Waals surface area contributed by atoms with Gasteiger partial charge in [0.05, 0.1) is 11.8 Å². The fourth-order valence-corrected chi connectivity index (χ4v) is 1.93. The van der Waals surface area contributed by atoms with Gasteiger partial charge in [0.2, 0.25) is 0 Å². The second-order valence-electron chi connectivity index (χ2n) is 4.26. The Morgan fingerprint density at radius 3 is 2.71 bits per heavy atom. The number of nitrogens with one attached hydrogen (secondary N) is 1. The van der Waals surface area contributed by atoms with E-state index in [0.29, 0.717) is 5.56 Å². The second kappa shape index (κ2) is 2.54. The molecule has 14 heavy (non-hydrogen) atoms. The molecule has 1 aliphatic carbocycles. The topological polar surface area (TPSA) is 97.8 Å². The molecule has 0 unspecified atom stereocenters. The molecule has 3 N–H and O–H groups in total. The average Bonchev–Trinajstić information content (AvgIpc) is 2.54. The van der Waals surface area contributed by atoms with Gasteiger partial charge in [0.1, 0.15) is 0 Å². The molecule has 6 heteroatoms. The van der Waals surface area contributed by atoms with E-state index in [9.17, 15) is 10.1 Å². The highest BCUT2D eigenvalue weighted by Gasteiger charge is 2.58. The molecule has 1 saturated carbocycles. The first-order valence-electron chi connectivity index (χ1n) is 4.39. The molecule has 0 radical (unpaired) electrons. The normalized spacial score (nSPS) is 28.8. The van der Waals surface area contributed by atoms with Crippen LogP contribution in [0.2, 0.25) is 0 Å². The van der Waals surface area contributed by atoms with Gasteiger partial charge in [-0.05, 0) is 10.3 Å². The highest BCUT2D eigenvalue weighted by molar-refractivity contribution is 5.42. The van der Waals surface area contributed by atoms with Gasteiger partial charge in [0, 0.05) is 12.0 Å². The number of rotatable bonds is 2. The zero-order valence-corrected chi connectivity index (χ0v) is 8.02. The van der Waals surface area contributed by atoms with E-state index in [1.807, 2.05) is 13.8 Å². The summed E-state index contributed by atoms with van der Waals surface area (Å²) in [5, 5.41) is 16.7. The lowest BCUT2D eigenvalue weighted by Gasteiger charge is -1.99. The summed E-state index contributed by atoms with van der Waals surface area (Å²) < 4.78 is 0. The molecule has 2 rings (SSSR count). The molecule has 1 aliphatic rings. The molecule has 1 aromatic rings. The van der Waals surface area contributed by atoms with Gasteiger partial charge in [0.15, 0.2) is 0 Å². The van der Waals surface area contributed by atoms with Crippen molar-refractivity contribution in [1.29, 1.82) is 0 Å². The third-order valence-electron chi connectivity index (χ3n) is 3.08. The molecular formula is C8H12N4O2. The Kier molecular flexibility index (Phi) is 1.66. The van der Waals surface area contributed by atoms with Crippen LogP contribution in [0.25, 0.3) is 0 Å².